The molecule has 6 heteroatoms. The van der Waals surface area contributed by atoms with Crippen molar-refractivity contribution in [2.75, 3.05) is 25.4 Å². The van der Waals surface area contributed by atoms with Crippen molar-refractivity contribution in [3.8, 4) is 0 Å². The van der Waals surface area contributed by atoms with Gasteiger partial charge in [0.05, 0.1) is 5.25 Å². The molecule has 1 heterocycles. The summed E-state index contributed by atoms with van der Waals surface area (Å²) in [6.45, 7) is 4.06. The molecule has 0 aromatic carbocycles. The van der Waals surface area contributed by atoms with Gasteiger partial charge in [0.15, 0.2) is 9.84 Å². The van der Waals surface area contributed by atoms with Crippen molar-refractivity contribution in [1.82, 2.24) is 10.2 Å². The minimum absolute atomic E-state index is 0.0880. The number of sulfone groups is 1. The molecule has 1 saturated carbocycles. The molecule has 1 aliphatic carbocycles. The second-order valence-corrected chi connectivity index (χ2v) is 7.64. The molecule has 1 saturated heterocycles. The van der Waals surface area contributed by atoms with Crippen molar-refractivity contribution in [2.24, 2.45) is 0 Å². The van der Waals surface area contributed by atoms with E-state index in [4.69, 9.17) is 0 Å². The van der Waals surface area contributed by atoms with Crippen LogP contribution in [0.4, 0.5) is 0 Å². The number of hydrogen-bond donors (Lipinski definition) is 1. The molecule has 2 fully saturated rings. The Labute approximate surface area is 109 Å². The second kappa shape index (κ2) is 5.57. The van der Waals surface area contributed by atoms with Crippen LogP contribution in [0.2, 0.25) is 0 Å². The van der Waals surface area contributed by atoms with E-state index in [2.05, 4.69) is 5.32 Å². The zero-order valence-electron chi connectivity index (χ0n) is 10.9. The third kappa shape index (κ3) is 3.03. The van der Waals surface area contributed by atoms with Gasteiger partial charge in [0.1, 0.15) is 5.75 Å². The lowest BCUT2D eigenvalue weighted by molar-refractivity contribution is -0.131. The third-order valence-corrected chi connectivity index (χ3v) is 6.09. The zero-order chi connectivity index (χ0) is 13.2. The molecule has 1 N–H and O–H groups in total. The average Bonchev–Trinajstić information content (AvgIpc) is 2.82. The summed E-state index contributed by atoms with van der Waals surface area (Å²) in [5, 5.41) is 2.92. The van der Waals surface area contributed by atoms with Crippen molar-refractivity contribution in [2.45, 2.75) is 43.9 Å². The molecule has 18 heavy (non-hydrogen) atoms. The van der Waals surface area contributed by atoms with Crippen molar-refractivity contribution in [3.63, 3.8) is 0 Å². The van der Waals surface area contributed by atoms with E-state index in [1.807, 2.05) is 6.92 Å². The monoisotopic (exact) mass is 274 g/mol. The van der Waals surface area contributed by atoms with Crippen molar-refractivity contribution >= 4 is 15.7 Å². The van der Waals surface area contributed by atoms with Crippen molar-refractivity contribution in [1.29, 1.82) is 0 Å². The smallest absolute Gasteiger partial charge is 0.238 e. The van der Waals surface area contributed by atoms with E-state index in [9.17, 15) is 13.2 Å². The standard InChI is InChI=1S/C12H22N2O3S/c1-10-8-13-6-7-14(10)12(15)9-18(16,17)11-4-2-3-5-11/h10-11,13H,2-9H2,1H3/t10-/m0/s1. The van der Waals surface area contributed by atoms with Crippen LogP contribution in [0.25, 0.3) is 0 Å². The van der Waals surface area contributed by atoms with Crippen LogP contribution >= 0.6 is 0 Å². The van der Waals surface area contributed by atoms with Gasteiger partial charge in [-0.05, 0) is 19.8 Å². The van der Waals surface area contributed by atoms with E-state index in [0.717, 1.165) is 38.8 Å². The quantitative estimate of drug-likeness (QED) is 0.796. The predicted octanol–water partition coefficient (Wildman–Crippen LogP) is 0.164. The van der Waals surface area contributed by atoms with Crippen LogP contribution in [0.3, 0.4) is 0 Å². The zero-order valence-corrected chi connectivity index (χ0v) is 11.7. The number of piperazine rings is 1. The summed E-state index contributed by atoms with van der Waals surface area (Å²) in [6, 6.07) is 0.0880. The van der Waals surface area contributed by atoms with E-state index >= 15 is 0 Å². The second-order valence-electron chi connectivity index (χ2n) is 5.35. The number of carbonyl (C=O) groups is 1. The molecule has 1 amide bonds. The number of carbonyl (C=O) groups excluding carboxylic acids is 1. The normalized spacial score (nSPS) is 26.5. The summed E-state index contributed by atoms with van der Waals surface area (Å²) in [5.74, 6) is -0.530. The Hall–Kier alpha value is -0.620. The number of nitrogens with zero attached hydrogens (tertiary/aromatic N) is 1. The van der Waals surface area contributed by atoms with Crippen LogP contribution in [0.1, 0.15) is 32.6 Å². The topological polar surface area (TPSA) is 66.5 Å². The maximum absolute atomic E-state index is 12.1. The molecule has 0 aromatic heterocycles. The maximum Gasteiger partial charge on any atom is 0.238 e. The highest BCUT2D eigenvalue weighted by atomic mass is 32.2. The molecule has 2 rings (SSSR count). The number of hydrogen-bond acceptors (Lipinski definition) is 4. The summed E-state index contributed by atoms with van der Waals surface area (Å²) >= 11 is 0. The maximum atomic E-state index is 12.1. The highest BCUT2D eigenvalue weighted by Crippen LogP contribution is 2.25. The first-order valence-electron chi connectivity index (χ1n) is 6.72. The Morgan fingerprint density at radius 3 is 2.61 bits per heavy atom. The van der Waals surface area contributed by atoms with Gasteiger partial charge in [0, 0.05) is 25.7 Å². The molecule has 104 valence electrons. The number of rotatable bonds is 3. The van der Waals surface area contributed by atoms with Gasteiger partial charge in [-0.2, -0.15) is 0 Å². The van der Waals surface area contributed by atoms with Gasteiger partial charge >= 0.3 is 0 Å². The van der Waals surface area contributed by atoms with Crippen LogP contribution in [0, 0.1) is 0 Å². The number of nitrogens with one attached hydrogen (secondary N) is 1. The summed E-state index contributed by atoms with van der Waals surface area (Å²) in [7, 11) is -3.24. The Kier molecular flexibility index (Phi) is 4.27. The van der Waals surface area contributed by atoms with Gasteiger partial charge in [-0.3, -0.25) is 4.79 Å². The first-order valence-corrected chi connectivity index (χ1v) is 8.44. The Bertz CT molecular complexity index is 402. The molecule has 0 aromatic rings. The Balaban J connectivity index is 1.97. The van der Waals surface area contributed by atoms with Gasteiger partial charge in [0.2, 0.25) is 5.91 Å². The van der Waals surface area contributed by atoms with E-state index in [1.165, 1.54) is 0 Å². The molecule has 1 atom stereocenters. The lowest BCUT2D eigenvalue weighted by Gasteiger charge is -2.34. The molecular weight excluding hydrogens is 252 g/mol. The largest absolute Gasteiger partial charge is 0.337 e. The highest BCUT2D eigenvalue weighted by Gasteiger charge is 2.33. The van der Waals surface area contributed by atoms with Crippen LogP contribution in [-0.2, 0) is 14.6 Å². The fraction of sp³-hybridized carbons (Fsp3) is 0.917. The fourth-order valence-corrected chi connectivity index (χ4v) is 4.63. The van der Waals surface area contributed by atoms with Crippen LogP contribution in [0.15, 0.2) is 0 Å². The molecule has 0 unspecified atom stereocenters. The van der Waals surface area contributed by atoms with Gasteiger partial charge in [-0.25, -0.2) is 8.42 Å². The molecule has 2 aliphatic rings. The molecule has 5 nitrogen and oxygen atoms in total. The van der Waals surface area contributed by atoms with Gasteiger partial charge in [-0.15, -0.1) is 0 Å². The fourth-order valence-electron chi connectivity index (χ4n) is 2.83. The van der Waals surface area contributed by atoms with Crippen LogP contribution in [0.5, 0.6) is 0 Å². The van der Waals surface area contributed by atoms with Crippen LogP contribution < -0.4 is 5.32 Å². The summed E-state index contributed by atoms with van der Waals surface area (Å²) in [6.07, 6.45) is 3.41. The van der Waals surface area contributed by atoms with Crippen molar-refractivity contribution in [3.05, 3.63) is 0 Å². The minimum atomic E-state index is -3.24. The minimum Gasteiger partial charge on any atom is -0.337 e. The van der Waals surface area contributed by atoms with E-state index in [0.29, 0.717) is 6.54 Å². The summed E-state index contributed by atoms with van der Waals surface area (Å²) < 4.78 is 24.3. The SMILES string of the molecule is C[C@H]1CNCCN1C(=O)CS(=O)(=O)C1CCCC1. The van der Waals surface area contributed by atoms with Crippen molar-refractivity contribution < 1.29 is 13.2 Å². The first kappa shape index (κ1) is 13.8. The first-order chi connectivity index (χ1) is 8.50. The molecule has 1 aliphatic heterocycles. The van der Waals surface area contributed by atoms with E-state index in [1.54, 1.807) is 4.90 Å². The van der Waals surface area contributed by atoms with E-state index < -0.39 is 9.84 Å². The highest BCUT2D eigenvalue weighted by molar-refractivity contribution is 7.92. The van der Waals surface area contributed by atoms with E-state index in [-0.39, 0.29) is 23.0 Å². The number of amides is 1. The molecule has 0 bridgehead atoms. The van der Waals surface area contributed by atoms with Gasteiger partial charge in [0.25, 0.3) is 0 Å². The molecular formula is C12H22N2O3S. The summed E-state index contributed by atoms with van der Waals surface area (Å²) in [5.41, 5.74) is 0. The van der Waals surface area contributed by atoms with Gasteiger partial charge < -0.3 is 10.2 Å². The lowest BCUT2D eigenvalue weighted by Crippen LogP contribution is -2.53. The third-order valence-electron chi connectivity index (χ3n) is 3.96. The Morgan fingerprint density at radius 1 is 1.33 bits per heavy atom. The van der Waals surface area contributed by atoms with Crippen LogP contribution in [-0.4, -0.2) is 55.9 Å². The lowest BCUT2D eigenvalue weighted by atomic mass is 10.2. The molecule has 0 spiro atoms. The van der Waals surface area contributed by atoms with Gasteiger partial charge in [-0.1, -0.05) is 12.8 Å². The Morgan fingerprint density at radius 2 is 2.00 bits per heavy atom. The molecule has 0 radical (unpaired) electrons. The average molecular weight is 274 g/mol. The summed E-state index contributed by atoms with van der Waals surface area (Å²) in [4.78, 5) is 13.8. The predicted molar refractivity (Wildman–Crippen MR) is 70.1 cm³/mol.